The minimum atomic E-state index is 0.315. The number of carbonyl (C=O) groups excluding carboxylic acids is 1. The molecule has 1 saturated heterocycles. The monoisotopic (exact) mass is 424 g/mol. The van der Waals surface area contributed by atoms with Gasteiger partial charge in [0.05, 0.1) is 6.54 Å². The number of benzene rings is 1. The van der Waals surface area contributed by atoms with Crippen molar-refractivity contribution in [2.24, 2.45) is 4.99 Å². The van der Waals surface area contributed by atoms with Crippen LogP contribution in [0.4, 0.5) is 5.69 Å². The highest BCUT2D eigenvalue weighted by Crippen LogP contribution is 2.38. The summed E-state index contributed by atoms with van der Waals surface area (Å²) in [6.07, 6.45) is 2.73. The van der Waals surface area contributed by atoms with Crippen molar-refractivity contribution in [3.8, 4) is 0 Å². The number of guanidine groups is 1. The molecule has 0 saturated carbocycles. The van der Waals surface area contributed by atoms with Crippen molar-refractivity contribution in [3.05, 3.63) is 52.2 Å². The molecule has 0 spiro atoms. The maximum atomic E-state index is 12.0. The molecule has 2 aliphatic heterocycles. The topological polar surface area (TPSA) is 47.9 Å². The Morgan fingerprint density at radius 1 is 1.30 bits per heavy atom. The Labute approximate surface area is 183 Å². The summed E-state index contributed by atoms with van der Waals surface area (Å²) in [6.45, 7) is 8.67. The number of amides is 1. The highest BCUT2D eigenvalue weighted by molar-refractivity contribution is 7.10. The second kappa shape index (κ2) is 9.65. The molecule has 0 radical (unpaired) electrons. The zero-order chi connectivity index (χ0) is 20.9. The third-order valence-electron chi connectivity index (χ3n) is 6.12. The van der Waals surface area contributed by atoms with Gasteiger partial charge >= 0.3 is 0 Å². The van der Waals surface area contributed by atoms with E-state index < -0.39 is 0 Å². The van der Waals surface area contributed by atoms with E-state index in [2.05, 4.69) is 65.8 Å². The molecule has 30 heavy (non-hydrogen) atoms. The molecule has 4 rings (SSSR count). The summed E-state index contributed by atoms with van der Waals surface area (Å²) < 4.78 is 0. The number of thiophene rings is 1. The highest BCUT2D eigenvalue weighted by Gasteiger charge is 2.32. The van der Waals surface area contributed by atoms with Crippen LogP contribution in [0.1, 0.15) is 55.4 Å². The van der Waals surface area contributed by atoms with E-state index in [1.807, 2.05) is 4.90 Å². The van der Waals surface area contributed by atoms with E-state index in [4.69, 9.17) is 4.99 Å². The Hall–Kier alpha value is -2.34. The van der Waals surface area contributed by atoms with Crippen LogP contribution in [0.15, 0.2) is 46.8 Å². The van der Waals surface area contributed by atoms with E-state index in [1.54, 1.807) is 11.3 Å². The Bertz CT molecular complexity index is 879. The number of para-hydroxylation sites is 1. The van der Waals surface area contributed by atoms with Crippen molar-refractivity contribution in [2.45, 2.75) is 44.9 Å². The largest absolute Gasteiger partial charge is 0.356 e. The molecule has 2 unspecified atom stereocenters. The van der Waals surface area contributed by atoms with E-state index in [0.29, 0.717) is 24.2 Å². The summed E-state index contributed by atoms with van der Waals surface area (Å²) in [6, 6.07) is 13.0. The number of aliphatic imine (C=N–C) groups is 1. The van der Waals surface area contributed by atoms with E-state index >= 15 is 0 Å². The maximum Gasteiger partial charge on any atom is 0.222 e. The molecule has 6 heteroatoms. The van der Waals surface area contributed by atoms with Crippen LogP contribution in [0.5, 0.6) is 0 Å². The minimum Gasteiger partial charge on any atom is -0.356 e. The van der Waals surface area contributed by atoms with Crippen LogP contribution in [0.25, 0.3) is 0 Å². The minimum absolute atomic E-state index is 0.315. The first kappa shape index (κ1) is 20.9. The third-order valence-corrected chi connectivity index (χ3v) is 7.23. The van der Waals surface area contributed by atoms with Crippen molar-refractivity contribution in [3.63, 3.8) is 0 Å². The number of nitrogens with zero attached hydrogens (tertiary/aromatic N) is 3. The maximum absolute atomic E-state index is 12.0. The van der Waals surface area contributed by atoms with Gasteiger partial charge in [0.2, 0.25) is 5.91 Å². The summed E-state index contributed by atoms with van der Waals surface area (Å²) in [5.74, 6) is 2.12. The Balaban J connectivity index is 1.49. The fraction of sp³-hybridized carbons (Fsp3) is 0.500. The zero-order valence-electron chi connectivity index (χ0n) is 18.0. The van der Waals surface area contributed by atoms with Crippen molar-refractivity contribution in [1.82, 2.24) is 10.2 Å². The molecule has 0 aliphatic carbocycles. The van der Waals surface area contributed by atoms with Crippen molar-refractivity contribution >= 4 is 28.9 Å². The summed E-state index contributed by atoms with van der Waals surface area (Å²) in [5, 5.41) is 5.64. The molecule has 1 aromatic heterocycles. The Morgan fingerprint density at radius 3 is 2.90 bits per heavy atom. The molecule has 2 atom stereocenters. The first-order valence-corrected chi connectivity index (χ1v) is 12.0. The van der Waals surface area contributed by atoms with Gasteiger partial charge in [0, 0.05) is 55.0 Å². The lowest BCUT2D eigenvalue weighted by molar-refractivity contribution is -0.127. The molecule has 1 amide bonds. The quantitative estimate of drug-likeness (QED) is 0.528. The van der Waals surface area contributed by atoms with E-state index in [0.717, 1.165) is 51.5 Å². The zero-order valence-corrected chi connectivity index (χ0v) is 18.8. The predicted molar refractivity (Wildman–Crippen MR) is 126 cm³/mol. The summed E-state index contributed by atoms with van der Waals surface area (Å²) in [7, 11) is 0. The fourth-order valence-corrected chi connectivity index (χ4v) is 5.25. The number of fused-ring (bicyclic) bond motifs is 1. The van der Waals surface area contributed by atoms with Crippen LogP contribution < -0.4 is 10.2 Å². The van der Waals surface area contributed by atoms with Crippen molar-refractivity contribution in [2.75, 3.05) is 37.6 Å². The molecule has 160 valence electrons. The second-order valence-electron chi connectivity index (χ2n) is 8.25. The Kier molecular flexibility index (Phi) is 6.72. The molecular formula is C24H32N4OS. The van der Waals surface area contributed by atoms with E-state index in [1.165, 1.54) is 16.1 Å². The lowest BCUT2D eigenvalue weighted by Gasteiger charge is -2.24. The second-order valence-corrected chi connectivity index (χ2v) is 9.23. The molecule has 3 heterocycles. The lowest BCUT2D eigenvalue weighted by Crippen LogP contribution is -2.41. The number of hydrogen-bond donors (Lipinski definition) is 1. The number of hydrogen-bond acceptors (Lipinski definition) is 3. The van der Waals surface area contributed by atoms with Gasteiger partial charge in [-0.25, -0.2) is 0 Å². The van der Waals surface area contributed by atoms with Crippen LogP contribution in [-0.2, 0) is 4.79 Å². The predicted octanol–water partition coefficient (Wildman–Crippen LogP) is 4.43. The first-order chi connectivity index (χ1) is 14.7. The fourth-order valence-electron chi connectivity index (χ4n) is 4.47. The normalized spacial score (nSPS) is 20.0. The van der Waals surface area contributed by atoms with Crippen LogP contribution in [0.2, 0.25) is 0 Å². The number of carbonyl (C=O) groups is 1. The molecule has 1 N–H and O–H groups in total. The molecule has 0 bridgehead atoms. The van der Waals surface area contributed by atoms with Gasteiger partial charge in [-0.15, -0.1) is 11.3 Å². The van der Waals surface area contributed by atoms with Gasteiger partial charge in [0.1, 0.15) is 0 Å². The number of rotatable bonds is 7. The van der Waals surface area contributed by atoms with Gasteiger partial charge in [0.25, 0.3) is 0 Å². The van der Waals surface area contributed by atoms with Gasteiger partial charge in [-0.3, -0.25) is 9.79 Å². The van der Waals surface area contributed by atoms with Gasteiger partial charge < -0.3 is 15.1 Å². The molecule has 2 aromatic rings. The standard InChI is InChI=1S/C24H32N4OS/c1-3-25-24(26-16-18(2)22-10-7-15-30-22)28-17-19(20-8-4-5-9-21(20)28)12-14-27-13-6-11-23(27)29/h4-5,7-10,15,18-19H,3,6,11-14,16-17H2,1-2H3,(H,25,26). The average molecular weight is 425 g/mol. The average Bonchev–Trinajstić information content (AvgIpc) is 3.50. The van der Waals surface area contributed by atoms with Crippen molar-refractivity contribution in [1.29, 1.82) is 0 Å². The van der Waals surface area contributed by atoms with Gasteiger partial charge in [-0.2, -0.15) is 0 Å². The molecular weight excluding hydrogens is 392 g/mol. The van der Waals surface area contributed by atoms with Crippen LogP contribution in [0.3, 0.4) is 0 Å². The first-order valence-electron chi connectivity index (χ1n) is 11.1. The SMILES string of the molecule is CCNC(=NCC(C)c1cccs1)N1CC(CCN2CCCC2=O)c2ccccc21. The van der Waals surface area contributed by atoms with Crippen molar-refractivity contribution < 1.29 is 4.79 Å². The van der Waals surface area contributed by atoms with Crippen LogP contribution in [-0.4, -0.2) is 49.5 Å². The molecule has 2 aliphatic rings. The van der Waals surface area contributed by atoms with Crippen LogP contribution in [0, 0.1) is 0 Å². The van der Waals surface area contributed by atoms with E-state index in [9.17, 15) is 4.79 Å². The number of anilines is 1. The van der Waals surface area contributed by atoms with Gasteiger partial charge in [-0.05, 0) is 42.8 Å². The highest BCUT2D eigenvalue weighted by atomic mass is 32.1. The van der Waals surface area contributed by atoms with E-state index in [-0.39, 0.29) is 0 Å². The smallest absolute Gasteiger partial charge is 0.222 e. The summed E-state index contributed by atoms with van der Waals surface area (Å²) >= 11 is 1.80. The Morgan fingerprint density at radius 2 is 2.17 bits per heavy atom. The summed E-state index contributed by atoms with van der Waals surface area (Å²) in [5.41, 5.74) is 2.62. The number of likely N-dealkylation sites (tertiary alicyclic amines) is 1. The molecule has 1 fully saturated rings. The van der Waals surface area contributed by atoms with Gasteiger partial charge in [0.15, 0.2) is 5.96 Å². The number of nitrogens with one attached hydrogen (secondary N) is 1. The van der Waals surface area contributed by atoms with Gasteiger partial charge in [-0.1, -0.05) is 31.2 Å². The summed E-state index contributed by atoms with van der Waals surface area (Å²) in [4.78, 5) is 22.8. The third kappa shape index (κ3) is 4.53. The van der Waals surface area contributed by atoms with Crippen LogP contribution >= 0.6 is 11.3 Å². The lowest BCUT2D eigenvalue weighted by atomic mass is 9.98. The molecule has 1 aromatic carbocycles. The molecule has 5 nitrogen and oxygen atoms in total.